The minimum atomic E-state index is 1.27. The van der Waals surface area contributed by atoms with Gasteiger partial charge >= 0.3 is 0 Å². The Morgan fingerprint density at radius 1 is 1.15 bits per heavy atom. The Balaban J connectivity index is 2.52. The Morgan fingerprint density at radius 2 is 2.00 bits per heavy atom. The predicted octanol–water partition coefficient (Wildman–Crippen LogP) is 2.88. The lowest BCUT2D eigenvalue weighted by Gasteiger charge is -2.19. The molecule has 0 radical (unpaired) electrons. The van der Waals surface area contributed by atoms with Crippen molar-refractivity contribution in [2.75, 3.05) is 0 Å². The number of hydrogen-bond donors (Lipinski definition) is 1. The number of benzene rings is 1. The lowest BCUT2D eigenvalue weighted by Crippen LogP contribution is -2.08. The van der Waals surface area contributed by atoms with Gasteiger partial charge in [-0.1, -0.05) is 6.07 Å². The third kappa shape index (κ3) is 0.769. The summed E-state index contributed by atoms with van der Waals surface area (Å²) < 4.78 is 0. The van der Waals surface area contributed by atoms with Crippen LogP contribution >= 0.6 is 0 Å². The summed E-state index contributed by atoms with van der Waals surface area (Å²) in [7, 11) is 0. The summed E-state index contributed by atoms with van der Waals surface area (Å²) in [5, 5.41) is 1.49. The standard InChI is InChI=1S/C12H13N/c1-7-8(2)13-11-6-4-9-3-5-10(9)12(7)11/h4,6,13H,3,5H2,1-2H3. The molecule has 13 heavy (non-hydrogen) atoms. The van der Waals surface area contributed by atoms with Gasteiger partial charge < -0.3 is 4.98 Å². The molecule has 0 saturated carbocycles. The zero-order valence-corrected chi connectivity index (χ0v) is 8.07. The lowest BCUT2D eigenvalue weighted by atomic mass is 9.85. The first-order chi connectivity index (χ1) is 6.27. The van der Waals surface area contributed by atoms with Gasteiger partial charge in [0.25, 0.3) is 0 Å². The van der Waals surface area contributed by atoms with Gasteiger partial charge in [-0.3, -0.25) is 0 Å². The Labute approximate surface area is 77.8 Å². The molecule has 1 N–H and O–H groups in total. The van der Waals surface area contributed by atoms with Crippen LogP contribution in [0.2, 0.25) is 0 Å². The molecule has 0 unspecified atom stereocenters. The van der Waals surface area contributed by atoms with Crippen molar-refractivity contribution in [3.63, 3.8) is 0 Å². The molecule has 1 aromatic heterocycles. The van der Waals surface area contributed by atoms with Crippen LogP contribution in [0.5, 0.6) is 0 Å². The maximum absolute atomic E-state index is 3.43. The third-order valence-corrected chi connectivity index (χ3v) is 3.31. The van der Waals surface area contributed by atoms with Crippen molar-refractivity contribution in [2.24, 2.45) is 0 Å². The van der Waals surface area contributed by atoms with Crippen molar-refractivity contribution in [1.29, 1.82) is 0 Å². The summed E-state index contributed by atoms with van der Waals surface area (Å²) in [6.45, 7) is 4.37. The molecular weight excluding hydrogens is 158 g/mol. The molecule has 1 aromatic carbocycles. The minimum absolute atomic E-state index is 1.27. The van der Waals surface area contributed by atoms with E-state index in [1.807, 2.05) is 0 Å². The molecule has 0 bridgehead atoms. The van der Waals surface area contributed by atoms with Crippen molar-refractivity contribution < 1.29 is 0 Å². The van der Waals surface area contributed by atoms with Gasteiger partial charge in [0, 0.05) is 16.6 Å². The van der Waals surface area contributed by atoms with E-state index in [0.717, 1.165) is 0 Å². The van der Waals surface area contributed by atoms with E-state index in [2.05, 4.69) is 31.0 Å². The number of fused-ring (bicyclic) bond motifs is 3. The normalized spacial score (nSPS) is 14.3. The molecule has 1 aliphatic rings. The van der Waals surface area contributed by atoms with Crippen molar-refractivity contribution in [1.82, 2.24) is 4.98 Å². The largest absolute Gasteiger partial charge is 0.358 e. The van der Waals surface area contributed by atoms with E-state index in [4.69, 9.17) is 0 Å². The van der Waals surface area contributed by atoms with Crippen LogP contribution in [0.4, 0.5) is 0 Å². The van der Waals surface area contributed by atoms with Crippen LogP contribution in [0.1, 0.15) is 22.4 Å². The predicted molar refractivity (Wildman–Crippen MR) is 55.2 cm³/mol. The first-order valence-corrected chi connectivity index (χ1v) is 4.87. The summed E-state index contributed by atoms with van der Waals surface area (Å²) >= 11 is 0. The minimum Gasteiger partial charge on any atom is -0.358 e. The summed E-state index contributed by atoms with van der Waals surface area (Å²) in [6.07, 6.45) is 2.54. The first kappa shape index (κ1) is 7.19. The van der Waals surface area contributed by atoms with E-state index in [1.165, 1.54) is 35.0 Å². The molecule has 0 fully saturated rings. The number of H-pyrrole nitrogens is 1. The van der Waals surface area contributed by atoms with E-state index in [-0.39, 0.29) is 0 Å². The van der Waals surface area contributed by atoms with Gasteiger partial charge in [-0.25, -0.2) is 0 Å². The average Bonchev–Trinajstić information content (AvgIpc) is 2.31. The van der Waals surface area contributed by atoms with E-state index >= 15 is 0 Å². The van der Waals surface area contributed by atoms with Crippen molar-refractivity contribution in [2.45, 2.75) is 26.7 Å². The van der Waals surface area contributed by atoms with Crippen molar-refractivity contribution >= 4 is 10.9 Å². The quantitative estimate of drug-likeness (QED) is 0.627. The van der Waals surface area contributed by atoms with E-state index < -0.39 is 0 Å². The number of aromatic nitrogens is 1. The Kier molecular flexibility index (Phi) is 1.20. The third-order valence-electron chi connectivity index (χ3n) is 3.31. The number of rotatable bonds is 0. The summed E-state index contributed by atoms with van der Waals surface area (Å²) in [5.41, 5.74) is 7.20. The molecule has 1 heterocycles. The van der Waals surface area contributed by atoms with Crippen molar-refractivity contribution in [3.05, 3.63) is 34.5 Å². The molecule has 0 amide bonds. The van der Waals surface area contributed by atoms with Crippen LogP contribution < -0.4 is 0 Å². The fraction of sp³-hybridized carbons (Fsp3) is 0.333. The molecule has 0 atom stereocenters. The molecule has 66 valence electrons. The zero-order chi connectivity index (χ0) is 9.00. The second kappa shape index (κ2) is 2.16. The number of aromatic amines is 1. The van der Waals surface area contributed by atoms with E-state index in [1.54, 1.807) is 11.1 Å². The topological polar surface area (TPSA) is 15.8 Å². The first-order valence-electron chi connectivity index (χ1n) is 4.87. The summed E-state index contributed by atoms with van der Waals surface area (Å²) in [4.78, 5) is 3.43. The lowest BCUT2D eigenvalue weighted by molar-refractivity contribution is 0.851. The van der Waals surface area contributed by atoms with Gasteiger partial charge in [0.1, 0.15) is 0 Å². The zero-order valence-electron chi connectivity index (χ0n) is 8.07. The van der Waals surface area contributed by atoms with E-state index in [9.17, 15) is 0 Å². The van der Waals surface area contributed by atoms with Crippen LogP contribution in [-0.2, 0) is 12.8 Å². The summed E-state index contributed by atoms with van der Waals surface area (Å²) in [5.74, 6) is 0. The SMILES string of the molecule is Cc1[nH]c2ccc3c(c2c1C)CC3. The highest BCUT2D eigenvalue weighted by molar-refractivity contribution is 5.89. The second-order valence-corrected chi connectivity index (χ2v) is 4.00. The van der Waals surface area contributed by atoms with Crippen LogP contribution in [0.25, 0.3) is 10.9 Å². The fourth-order valence-corrected chi connectivity index (χ4v) is 2.31. The maximum Gasteiger partial charge on any atom is 0.0461 e. The van der Waals surface area contributed by atoms with Gasteiger partial charge in [0.15, 0.2) is 0 Å². The molecule has 1 heteroatoms. The fourth-order valence-electron chi connectivity index (χ4n) is 2.31. The smallest absolute Gasteiger partial charge is 0.0461 e. The highest BCUT2D eigenvalue weighted by atomic mass is 14.7. The van der Waals surface area contributed by atoms with E-state index in [0.29, 0.717) is 0 Å². The van der Waals surface area contributed by atoms with Crippen LogP contribution in [0.3, 0.4) is 0 Å². The van der Waals surface area contributed by atoms with Crippen molar-refractivity contribution in [3.8, 4) is 0 Å². The van der Waals surface area contributed by atoms with Crippen LogP contribution in [0, 0.1) is 13.8 Å². The molecule has 0 saturated heterocycles. The highest BCUT2D eigenvalue weighted by Gasteiger charge is 2.18. The Hall–Kier alpha value is -1.24. The Morgan fingerprint density at radius 3 is 2.69 bits per heavy atom. The summed E-state index contributed by atoms with van der Waals surface area (Å²) in [6, 6.07) is 4.48. The molecule has 1 nitrogen and oxygen atoms in total. The van der Waals surface area contributed by atoms with Crippen LogP contribution in [-0.4, -0.2) is 4.98 Å². The molecule has 0 aliphatic heterocycles. The van der Waals surface area contributed by atoms with Crippen LogP contribution in [0.15, 0.2) is 12.1 Å². The number of hydrogen-bond acceptors (Lipinski definition) is 0. The average molecular weight is 171 g/mol. The van der Waals surface area contributed by atoms with Gasteiger partial charge in [-0.05, 0) is 49.4 Å². The molecule has 2 aromatic rings. The molecule has 3 rings (SSSR count). The highest BCUT2D eigenvalue weighted by Crippen LogP contribution is 2.33. The Bertz CT molecular complexity index is 491. The molecule has 0 spiro atoms. The number of aryl methyl sites for hydroxylation is 4. The molecular formula is C12H13N. The maximum atomic E-state index is 3.43. The molecule has 1 aliphatic carbocycles. The van der Waals surface area contributed by atoms with Gasteiger partial charge in [-0.15, -0.1) is 0 Å². The number of nitrogens with one attached hydrogen (secondary N) is 1. The second-order valence-electron chi connectivity index (χ2n) is 4.00. The van der Waals surface area contributed by atoms with Gasteiger partial charge in [-0.2, -0.15) is 0 Å². The van der Waals surface area contributed by atoms with Gasteiger partial charge in [0.2, 0.25) is 0 Å². The van der Waals surface area contributed by atoms with Gasteiger partial charge in [0.05, 0.1) is 0 Å². The monoisotopic (exact) mass is 171 g/mol.